The minimum atomic E-state index is -4.83. The molecule has 0 radical (unpaired) electrons. The highest BCUT2D eigenvalue weighted by Crippen LogP contribution is 2.30. The van der Waals surface area contributed by atoms with Crippen LogP contribution in [0, 0.1) is 5.92 Å². The molecule has 3 N–H and O–H groups in total. The number of hydrogen-bond donors (Lipinski definition) is 3. The molecule has 136 valence electrons. The molecule has 0 aromatic carbocycles. The lowest BCUT2D eigenvalue weighted by Crippen LogP contribution is -2.54. The van der Waals surface area contributed by atoms with Crippen LogP contribution in [-0.2, 0) is 24.3 Å². The van der Waals surface area contributed by atoms with E-state index in [2.05, 4.69) is 15.1 Å². The maximum atomic E-state index is 12.2. The molecule has 2 aliphatic rings. The summed E-state index contributed by atoms with van der Waals surface area (Å²) >= 11 is 0. The van der Waals surface area contributed by atoms with Gasteiger partial charge in [-0.2, -0.15) is 13.5 Å². The molecule has 0 saturated carbocycles. The van der Waals surface area contributed by atoms with Crippen molar-refractivity contribution < 1.29 is 31.6 Å². The number of fused-ring (bicyclic) bond motifs is 2. The summed E-state index contributed by atoms with van der Waals surface area (Å²) in [7, 11) is -4.83. The van der Waals surface area contributed by atoms with Crippen molar-refractivity contribution in [2.45, 2.75) is 45.2 Å². The first-order valence-corrected chi connectivity index (χ1v) is 8.87. The largest absolute Gasteiger partial charge is 0.418 e. The molecule has 0 aliphatic carbocycles. The van der Waals surface area contributed by atoms with Crippen LogP contribution in [-0.4, -0.2) is 59.4 Å². The highest BCUT2D eigenvalue weighted by molar-refractivity contribution is 7.80. The van der Waals surface area contributed by atoms with Crippen molar-refractivity contribution in [3.05, 3.63) is 0 Å². The molecule has 2 rings (SSSR count). The number of urea groups is 1. The number of nitrogens with zero attached hydrogens (tertiary/aromatic N) is 2. The summed E-state index contributed by atoms with van der Waals surface area (Å²) in [5, 5.41) is 0.556. The minimum Gasteiger partial charge on any atom is -0.309 e. The van der Waals surface area contributed by atoms with E-state index in [9.17, 15) is 22.8 Å². The van der Waals surface area contributed by atoms with E-state index in [-0.39, 0.29) is 24.8 Å². The highest BCUT2D eigenvalue weighted by atomic mass is 32.3. The summed E-state index contributed by atoms with van der Waals surface area (Å²) in [6.45, 7) is 3.63. The molecule has 0 aromatic heterocycles. The van der Waals surface area contributed by atoms with Gasteiger partial charge in [-0.1, -0.05) is 13.8 Å². The fourth-order valence-corrected chi connectivity index (χ4v) is 3.01. The van der Waals surface area contributed by atoms with Crippen molar-refractivity contribution in [1.82, 2.24) is 20.8 Å². The summed E-state index contributed by atoms with van der Waals surface area (Å²) in [6, 6.07) is -2.26. The van der Waals surface area contributed by atoms with Crippen LogP contribution >= 0.6 is 0 Å². The van der Waals surface area contributed by atoms with Gasteiger partial charge in [0.15, 0.2) is 0 Å². The van der Waals surface area contributed by atoms with E-state index in [0.29, 0.717) is 17.9 Å². The quantitative estimate of drug-likeness (QED) is 0.427. The lowest BCUT2D eigenvalue weighted by atomic mass is 10.0. The SMILES string of the molecule is CCC(C)C(=O)NNC(=O)[C@@H]1CCC2CN1C(=O)N2OS(=O)(=O)O. The lowest BCUT2D eigenvalue weighted by Gasteiger charge is -2.29. The van der Waals surface area contributed by atoms with Crippen molar-refractivity contribution in [2.75, 3.05) is 6.54 Å². The van der Waals surface area contributed by atoms with Gasteiger partial charge in [-0.05, 0) is 19.3 Å². The lowest BCUT2D eigenvalue weighted by molar-refractivity contribution is -0.133. The van der Waals surface area contributed by atoms with Crippen molar-refractivity contribution in [2.24, 2.45) is 5.92 Å². The maximum absolute atomic E-state index is 12.2. The number of hydrogen-bond acceptors (Lipinski definition) is 6. The molecule has 0 spiro atoms. The van der Waals surface area contributed by atoms with Crippen LogP contribution in [0.2, 0.25) is 0 Å². The number of nitrogens with one attached hydrogen (secondary N) is 2. The molecule has 4 amide bonds. The Morgan fingerprint density at radius 2 is 2.04 bits per heavy atom. The van der Waals surface area contributed by atoms with Gasteiger partial charge in [-0.25, -0.2) is 4.79 Å². The van der Waals surface area contributed by atoms with Gasteiger partial charge in [-0.15, -0.1) is 4.28 Å². The third kappa shape index (κ3) is 3.94. The third-order valence-corrected chi connectivity index (χ3v) is 4.52. The standard InChI is InChI=1S/C12H20N4O7S/c1-3-7(2)10(17)13-14-11(18)9-5-4-8-6-15(9)12(19)16(8)23-24(20,21)22/h7-9H,3-6H2,1-2H3,(H,13,17)(H,14,18)(H,20,21,22)/t7?,8?,9-/m0/s1. The molecular weight excluding hydrogens is 344 g/mol. The first-order chi connectivity index (χ1) is 11.1. The smallest absolute Gasteiger partial charge is 0.309 e. The normalized spacial score (nSPS) is 24.7. The summed E-state index contributed by atoms with van der Waals surface area (Å²) < 4.78 is 34.6. The number of hydroxylamine groups is 2. The van der Waals surface area contributed by atoms with Crippen LogP contribution < -0.4 is 10.9 Å². The molecule has 11 nitrogen and oxygen atoms in total. The van der Waals surface area contributed by atoms with Crippen LogP contribution in [0.1, 0.15) is 33.1 Å². The molecule has 2 unspecified atom stereocenters. The van der Waals surface area contributed by atoms with Gasteiger partial charge in [-0.3, -0.25) is 25.0 Å². The zero-order valence-corrected chi connectivity index (χ0v) is 14.1. The second kappa shape index (κ2) is 6.91. The zero-order valence-electron chi connectivity index (χ0n) is 13.3. The van der Waals surface area contributed by atoms with Gasteiger partial charge in [0.2, 0.25) is 5.91 Å². The molecule has 2 fully saturated rings. The van der Waals surface area contributed by atoms with E-state index in [1.165, 1.54) is 0 Å². The Morgan fingerprint density at radius 1 is 1.38 bits per heavy atom. The number of carbonyl (C=O) groups excluding carboxylic acids is 3. The van der Waals surface area contributed by atoms with E-state index in [4.69, 9.17) is 4.55 Å². The predicted molar refractivity (Wildman–Crippen MR) is 79.1 cm³/mol. The van der Waals surface area contributed by atoms with Gasteiger partial charge < -0.3 is 4.90 Å². The molecular formula is C12H20N4O7S. The summed E-state index contributed by atoms with van der Waals surface area (Å²) in [4.78, 5) is 37.2. The zero-order chi connectivity index (χ0) is 18.1. The Bertz CT molecular complexity index is 637. The number of rotatable bonds is 5. The van der Waals surface area contributed by atoms with E-state index >= 15 is 0 Å². The first-order valence-electron chi connectivity index (χ1n) is 7.50. The van der Waals surface area contributed by atoms with Crippen LogP contribution in [0.15, 0.2) is 0 Å². The molecule has 24 heavy (non-hydrogen) atoms. The topological polar surface area (TPSA) is 145 Å². The second-order valence-electron chi connectivity index (χ2n) is 5.80. The molecule has 0 aromatic rings. The van der Waals surface area contributed by atoms with E-state index < -0.39 is 34.4 Å². The van der Waals surface area contributed by atoms with Gasteiger partial charge in [0, 0.05) is 12.5 Å². The second-order valence-corrected chi connectivity index (χ2v) is 6.80. The van der Waals surface area contributed by atoms with Crippen LogP contribution in [0.3, 0.4) is 0 Å². The maximum Gasteiger partial charge on any atom is 0.418 e. The Hall–Kier alpha value is -1.92. The summed E-state index contributed by atoms with van der Waals surface area (Å²) in [6.07, 6.45) is 1.20. The van der Waals surface area contributed by atoms with Crippen molar-refractivity contribution >= 4 is 28.2 Å². The Balaban J connectivity index is 1.98. The first kappa shape index (κ1) is 18.4. The van der Waals surface area contributed by atoms with Gasteiger partial charge >= 0.3 is 16.4 Å². The molecule has 3 atom stereocenters. The van der Waals surface area contributed by atoms with E-state index in [1.54, 1.807) is 6.92 Å². The summed E-state index contributed by atoms with van der Waals surface area (Å²) in [5.41, 5.74) is 4.57. The molecule has 2 aliphatic heterocycles. The third-order valence-electron chi connectivity index (χ3n) is 4.17. The van der Waals surface area contributed by atoms with Crippen molar-refractivity contribution in [3.8, 4) is 0 Å². The Labute approximate surface area is 139 Å². The highest BCUT2D eigenvalue weighted by Gasteiger charge is 2.49. The average Bonchev–Trinajstić information content (AvgIpc) is 2.75. The van der Waals surface area contributed by atoms with Gasteiger partial charge in [0.05, 0.1) is 6.04 Å². The Morgan fingerprint density at radius 3 is 2.62 bits per heavy atom. The van der Waals surface area contributed by atoms with Crippen LogP contribution in [0.25, 0.3) is 0 Å². The fraction of sp³-hybridized carbons (Fsp3) is 0.750. The number of amides is 4. The van der Waals surface area contributed by atoms with Crippen molar-refractivity contribution in [3.63, 3.8) is 0 Å². The monoisotopic (exact) mass is 364 g/mol. The summed E-state index contributed by atoms with van der Waals surface area (Å²) in [5.74, 6) is -1.19. The van der Waals surface area contributed by atoms with Crippen LogP contribution in [0.4, 0.5) is 4.79 Å². The molecule has 2 bridgehead atoms. The Kier molecular flexibility index (Phi) is 5.30. The number of carbonyl (C=O) groups is 3. The van der Waals surface area contributed by atoms with Crippen molar-refractivity contribution in [1.29, 1.82) is 0 Å². The minimum absolute atomic E-state index is 0.0890. The molecule has 2 saturated heterocycles. The van der Waals surface area contributed by atoms with Crippen LogP contribution in [0.5, 0.6) is 0 Å². The number of piperidine rings is 1. The van der Waals surface area contributed by atoms with Gasteiger partial charge in [0.1, 0.15) is 6.04 Å². The average molecular weight is 364 g/mol. The van der Waals surface area contributed by atoms with E-state index in [0.717, 1.165) is 4.90 Å². The van der Waals surface area contributed by atoms with E-state index in [1.807, 2.05) is 6.92 Å². The number of hydrazine groups is 1. The fourth-order valence-electron chi connectivity index (χ4n) is 2.62. The predicted octanol–water partition coefficient (Wildman–Crippen LogP) is -0.817. The van der Waals surface area contributed by atoms with Gasteiger partial charge in [0.25, 0.3) is 5.91 Å². The molecule has 2 heterocycles. The molecule has 12 heteroatoms.